The van der Waals surface area contributed by atoms with Gasteiger partial charge in [-0.2, -0.15) is 0 Å². The van der Waals surface area contributed by atoms with Crippen molar-refractivity contribution in [2.24, 2.45) is 0 Å². The second kappa shape index (κ2) is 8.15. The molecule has 0 aromatic heterocycles. The monoisotopic (exact) mass is 279 g/mol. The first-order valence-electron chi connectivity index (χ1n) is 7.51. The summed E-state index contributed by atoms with van der Waals surface area (Å²) in [5, 5.41) is 3.50. The van der Waals surface area contributed by atoms with Crippen LogP contribution in [-0.2, 0) is 6.54 Å². The lowest BCUT2D eigenvalue weighted by atomic mass is 10.1. The van der Waals surface area contributed by atoms with Crippen LogP contribution in [0.4, 0.5) is 0 Å². The van der Waals surface area contributed by atoms with Crippen molar-refractivity contribution in [1.82, 2.24) is 5.32 Å². The summed E-state index contributed by atoms with van der Waals surface area (Å²) in [6.45, 7) is 10.2. The molecule has 0 bridgehead atoms. The van der Waals surface area contributed by atoms with Crippen LogP contribution >= 0.6 is 0 Å². The van der Waals surface area contributed by atoms with E-state index in [0.29, 0.717) is 0 Å². The van der Waals surface area contributed by atoms with Crippen molar-refractivity contribution in [1.29, 1.82) is 0 Å². The zero-order valence-electron chi connectivity index (χ0n) is 13.6. The van der Waals surface area contributed by atoms with E-state index in [4.69, 9.17) is 9.47 Å². The number of benzene rings is 1. The quantitative estimate of drug-likeness (QED) is 0.725. The average Bonchev–Trinajstić information content (AvgIpc) is 2.41. The summed E-state index contributed by atoms with van der Waals surface area (Å²) < 4.78 is 11.4. The van der Waals surface area contributed by atoms with E-state index in [9.17, 15) is 0 Å². The van der Waals surface area contributed by atoms with Gasteiger partial charge >= 0.3 is 0 Å². The maximum absolute atomic E-state index is 5.96. The van der Waals surface area contributed by atoms with Crippen LogP contribution in [0, 0.1) is 0 Å². The topological polar surface area (TPSA) is 30.5 Å². The highest BCUT2D eigenvalue weighted by atomic mass is 16.5. The molecule has 0 aliphatic carbocycles. The summed E-state index contributed by atoms with van der Waals surface area (Å²) in [7, 11) is 1.69. The van der Waals surface area contributed by atoms with E-state index >= 15 is 0 Å². The third-order valence-corrected chi connectivity index (χ3v) is 3.08. The Morgan fingerprint density at radius 2 is 1.90 bits per heavy atom. The SMILES string of the molecule is CCCCCOc1c(CNC(C)(C)C)cccc1OC. The molecule has 1 aromatic rings. The molecule has 0 heterocycles. The summed E-state index contributed by atoms with van der Waals surface area (Å²) in [6.07, 6.45) is 3.49. The van der Waals surface area contributed by atoms with Crippen molar-refractivity contribution in [2.45, 2.75) is 59.0 Å². The first-order chi connectivity index (χ1) is 9.48. The van der Waals surface area contributed by atoms with Crippen molar-refractivity contribution in [2.75, 3.05) is 13.7 Å². The van der Waals surface area contributed by atoms with Crippen LogP contribution in [0.1, 0.15) is 52.5 Å². The van der Waals surface area contributed by atoms with Crippen molar-refractivity contribution in [3.05, 3.63) is 23.8 Å². The van der Waals surface area contributed by atoms with E-state index in [1.165, 1.54) is 12.8 Å². The van der Waals surface area contributed by atoms with Gasteiger partial charge in [-0.3, -0.25) is 0 Å². The molecule has 0 fully saturated rings. The van der Waals surface area contributed by atoms with Crippen LogP contribution < -0.4 is 14.8 Å². The number of hydrogen-bond acceptors (Lipinski definition) is 3. The molecule has 114 valence electrons. The maximum atomic E-state index is 5.96. The zero-order valence-corrected chi connectivity index (χ0v) is 13.6. The van der Waals surface area contributed by atoms with Gasteiger partial charge in [0.2, 0.25) is 0 Å². The first-order valence-corrected chi connectivity index (χ1v) is 7.51. The molecule has 0 atom stereocenters. The van der Waals surface area contributed by atoms with Crippen LogP contribution in [0.2, 0.25) is 0 Å². The summed E-state index contributed by atoms with van der Waals surface area (Å²) in [4.78, 5) is 0. The summed E-state index contributed by atoms with van der Waals surface area (Å²) >= 11 is 0. The van der Waals surface area contributed by atoms with Crippen LogP contribution in [0.3, 0.4) is 0 Å². The predicted octanol–water partition coefficient (Wildman–Crippen LogP) is 4.15. The summed E-state index contributed by atoms with van der Waals surface area (Å²) in [5.41, 5.74) is 1.23. The molecular formula is C17H29NO2. The molecule has 0 unspecified atom stereocenters. The van der Waals surface area contributed by atoms with Gasteiger partial charge in [0.15, 0.2) is 11.5 Å². The standard InChI is InChI=1S/C17H29NO2/c1-6-7-8-12-20-16-14(13-18-17(2,3)4)10-9-11-15(16)19-5/h9-11,18H,6-8,12-13H2,1-5H3. The van der Waals surface area contributed by atoms with Crippen molar-refractivity contribution < 1.29 is 9.47 Å². The number of nitrogens with one attached hydrogen (secondary N) is 1. The normalized spacial score (nSPS) is 11.4. The van der Waals surface area contributed by atoms with E-state index in [1.807, 2.05) is 12.1 Å². The largest absolute Gasteiger partial charge is 0.493 e. The van der Waals surface area contributed by atoms with Gasteiger partial charge in [-0.15, -0.1) is 0 Å². The second-order valence-electron chi connectivity index (χ2n) is 6.11. The fraction of sp³-hybridized carbons (Fsp3) is 0.647. The maximum Gasteiger partial charge on any atom is 0.165 e. The fourth-order valence-electron chi connectivity index (χ4n) is 1.91. The minimum atomic E-state index is 0.0859. The van der Waals surface area contributed by atoms with Gasteiger partial charge in [-0.25, -0.2) is 0 Å². The molecule has 1 aromatic carbocycles. The Bertz CT molecular complexity index is 396. The van der Waals surface area contributed by atoms with Crippen molar-refractivity contribution in [3.63, 3.8) is 0 Å². The Balaban J connectivity index is 2.76. The van der Waals surface area contributed by atoms with Gasteiger partial charge < -0.3 is 14.8 Å². The Kier molecular flexibility index (Phi) is 6.86. The Labute approximate surface area is 123 Å². The summed E-state index contributed by atoms with van der Waals surface area (Å²) in [6, 6.07) is 6.06. The predicted molar refractivity (Wildman–Crippen MR) is 84.6 cm³/mol. The van der Waals surface area contributed by atoms with Gasteiger partial charge in [0.05, 0.1) is 13.7 Å². The molecular weight excluding hydrogens is 250 g/mol. The molecule has 0 radical (unpaired) electrons. The van der Waals surface area contributed by atoms with Gasteiger partial charge in [0.25, 0.3) is 0 Å². The average molecular weight is 279 g/mol. The number of para-hydroxylation sites is 1. The highest BCUT2D eigenvalue weighted by Crippen LogP contribution is 2.31. The van der Waals surface area contributed by atoms with Gasteiger partial charge in [0.1, 0.15) is 0 Å². The molecule has 0 spiro atoms. The number of unbranched alkanes of at least 4 members (excludes halogenated alkanes) is 2. The molecule has 1 rings (SSSR count). The molecule has 20 heavy (non-hydrogen) atoms. The third-order valence-electron chi connectivity index (χ3n) is 3.08. The van der Waals surface area contributed by atoms with Crippen LogP contribution in [-0.4, -0.2) is 19.3 Å². The molecule has 0 amide bonds. The minimum Gasteiger partial charge on any atom is -0.493 e. The molecule has 3 nitrogen and oxygen atoms in total. The number of hydrogen-bond donors (Lipinski definition) is 1. The molecule has 3 heteroatoms. The molecule has 0 aliphatic rings. The molecule has 1 N–H and O–H groups in total. The van der Waals surface area contributed by atoms with E-state index in [0.717, 1.165) is 36.6 Å². The molecule has 0 saturated heterocycles. The third kappa shape index (κ3) is 5.83. The Morgan fingerprint density at radius 3 is 2.50 bits per heavy atom. The van der Waals surface area contributed by atoms with Gasteiger partial charge in [0, 0.05) is 17.6 Å². The van der Waals surface area contributed by atoms with E-state index < -0.39 is 0 Å². The first kappa shape index (κ1) is 16.8. The lowest BCUT2D eigenvalue weighted by molar-refractivity contribution is 0.281. The zero-order chi connectivity index (χ0) is 15.0. The lowest BCUT2D eigenvalue weighted by Crippen LogP contribution is -2.35. The van der Waals surface area contributed by atoms with Crippen LogP contribution in [0.15, 0.2) is 18.2 Å². The van der Waals surface area contributed by atoms with E-state index in [-0.39, 0.29) is 5.54 Å². The van der Waals surface area contributed by atoms with E-state index in [2.05, 4.69) is 39.1 Å². The van der Waals surface area contributed by atoms with Crippen molar-refractivity contribution in [3.8, 4) is 11.5 Å². The second-order valence-corrected chi connectivity index (χ2v) is 6.11. The molecule has 0 aliphatic heterocycles. The lowest BCUT2D eigenvalue weighted by Gasteiger charge is -2.22. The van der Waals surface area contributed by atoms with Crippen LogP contribution in [0.5, 0.6) is 11.5 Å². The fourth-order valence-corrected chi connectivity index (χ4v) is 1.91. The summed E-state index contributed by atoms with van der Waals surface area (Å²) in [5.74, 6) is 1.69. The van der Waals surface area contributed by atoms with Crippen molar-refractivity contribution >= 4 is 0 Å². The van der Waals surface area contributed by atoms with Gasteiger partial charge in [-0.1, -0.05) is 31.9 Å². The van der Waals surface area contributed by atoms with Crippen LogP contribution in [0.25, 0.3) is 0 Å². The Morgan fingerprint density at radius 1 is 1.15 bits per heavy atom. The molecule has 0 saturated carbocycles. The van der Waals surface area contributed by atoms with E-state index in [1.54, 1.807) is 7.11 Å². The highest BCUT2D eigenvalue weighted by molar-refractivity contribution is 5.46. The number of ether oxygens (including phenoxy) is 2. The van der Waals surface area contributed by atoms with Gasteiger partial charge in [-0.05, 0) is 33.3 Å². The minimum absolute atomic E-state index is 0.0859. The number of rotatable bonds is 8. The Hall–Kier alpha value is -1.22. The number of methoxy groups -OCH3 is 1. The smallest absolute Gasteiger partial charge is 0.165 e. The highest BCUT2D eigenvalue weighted by Gasteiger charge is 2.14.